The van der Waals surface area contributed by atoms with Gasteiger partial charge in [0.1, 0.15) is 0 Å². The van der Waals surface area contributed by atoms with Crippen molar-refractivity contribution in [3.8, 4) is 11.5 Å². The molecule has 0 fully saturated rings. The summed E-state index contributed by atoms with van der Waals surface area (Å²) in [7, 11) is 5.03. The average Bonchev–Trinajstić information content (AvgIpc) is 3.16. The second-order valence-corrected chi connectivity index (χ2v) is 7.56. The van der Waals surface area contributed by atoms with Crippen LogP contribution in [0.15, 0.2) is 66.9 Å². The van der Waals surface area contributed by atoms with Crippen LogP contribution in [0.1, 0.15) is 22.9 Å². The van der Waals surface area contributed by atoms with Crippen LogP contribution in [0.2, 0.25) is 0 Å². The summed E-state index contributed by atoms with van der Waals surface area (Å²) in [4.78, 5) is 17.5. The highest BCUT2D eigenvalue weighted by molar-refractivity contribution is 5.82. The number of benzene rings is 2. The lowest BCUT2D eigenvalue weighted by Gasteiger charge is -2.18. The number of hydrogen-bond donors (Lipinski definition) is 1. The van der Waals surface area contributed by atoms with Crippen molar-refractivity contribution < 1.29 is 14.3 Å². The molecule has 1 atom stereocenters. The summed E-state index contributed by atoms with van der Waals surface area (Å²) < 4.78 is 12.4. The minimum atomic E-state index is -0.294. The molecule has 2 aromatic heterocycles. The lowest BCUT2D eigenvalue weighted by atomic mass is 10.0. The molecule has 0 bridgehead atoms. The van der Waals surface area contributed by atoms with Crippen LogP contribution >= 0.6 is 0 Å². The first-order valence-corrected chi connectivity index (χ1v) is 10.4. The van der Waals surface area contributed by atoms with E-state index in [9.17, 15) is 4.79 Å². The van der Waals surface area contributed by atoms with Crippen LogP contribution in [-0.4, -0.2) is 34.9 Å². The number of nitrogens with zero attached hydrogens (tertiary/aromatic N) is 3. The van der Waals surface area contributed by atoms with Crippen molar-refractivity contribution >= 4 is 16.9 Å². The molecule has 0 aliphatic rings. The molecule has 0 saturated heterocycles. The fourth-order valence-electron chi connectivity index (χ4n) is 3.86. The topological polar surface area (TPSA) is 78.3 Å². The molecule has 0 radical (unpaired) electrons. The highest BCUT2D eigenvalue weighted by Gasteiger charge is 2.22. The molecule has 0 saturated carbocycles. The van der Waals surface area contributed by atoms with E-state index < -0.39 is 0 Å². The predicted molar refractivity (Wildman–Crippen MR) is 123 cm³/mol. The van der Waals surface area contributed by atoms with E-state index in [1.165, 1.54) is 0 Å². The molecule has 4 aromatic rings. The Hall–Kier alpha value is -3.87. The SMILES string of the molecule is COc1ccc(CC(=O)NC(Cc2ccccc2)c2nn(C)c3ncccc23)cc1OC. The van der Waals surface area contributed by atoms with E-state index in [1.54, 1.807) is 31.2 Å². The van der Waals surface area contributed by atoms with Crippen molar-refractivity contribution in [2.45, 2.75) is 18.9 Å². The molecule has 1 unspecified atom stereocenters. The number of carbonyl (C=O) groups excluding carboxylic acids is 1. The van der Waals surface area contributed by atoms with Crippen LogP contribution in [-0.2, 0) is 24.7 Å². The molecular formula is C25H26N4O3. The van der Waals surface area contributed by atoms with Gasteiger partial charge in [-0.1, -0.05) is 36.4 Å². The maximum atomic E-state index is 13.0. The number of aryl methyl sites for hydroxylation is 1. The van der Waals surface area contributed by atoms with Crippen molar-refractivity contribution in [3.05, 3.63) is 83.7 Å². The summed E-state index contributed by atoms with van der Waals surface area (Å²) in [6.45, 7) is 0. The van der Waals surface area contributed by atoms with Gasteiger partial charge in [0.15, 0.2) is 17.1 Å². The number of hydrogen-bond acceptors (Lipinski definition) is 5. The summed E-state index contributed by atoms with van der Waals surface area (Å²) in [6, 6.07) is 19.2. The molecule has 7 heteroatoms. The van der Waals surface area contributed by atoms with Gasteiger partial charge in [0, 0.05) is 18.6 Å². The number of rotatable bonds is 8. The fraction of sp³-hybridized carbons (Fsp3) is 0.240. The molecule has 0 spiro atoms. The predicted octanol–water partition coefficient (Wildman–Crippen LogP) is 3.63. The lowest BCUT2D eigenvalue weighted by Crippen LogP contribution is -2.31. The molecule has 7 nitrogen and oxygen atoms in total. The first kappa shape index (κ1) is 21.4. The van der Waals surface area contributed by atoms with E-state index in [0.29, 0.717) is 17.9 Å². The fourth-order valence-corrected chi connectivity index (χ4v) is 3.86. The third-order valence-electron chi connectivity index (χ3n) is 5.39. The highest BCUT2D eigenvalue weighted by Crippen LogP contribution is 2.28. The Morgan fingerprint density at radius 1 is 1.00 bits per heavy atom. The molecule has 0 aliphatic carbocycles. The molecule has 0 aliphatic heterocycles. The van der Waals surface area contributed by atoms with E-state index in [-0.39, 0.29) is 18.4 Å². The maximum Gasteiger partial charge on any atom is 0.224 e. The van der Waals surface area contributed by atoms with Gasteiger partial charge in [-0.15, -0.1) is 0 Å². The Morgan fingerprint density at radius 3 is 2.53 bits per heavy atom. The quantitative estimate of drug-likeness (QED) is 0.462. The van der Waals surface area contributed by atoms with E-state index in [2.05, 4.69) is 22.4 Å². The molecule has 1 N–H and O–H groups in total. The van der Waals surface area contributed by atoms with Crippen LogP contribution in [0.5, 0.6) is 11.5 Å². The van der Waals surface area contributed by atoms with Crippen LogP contribution in [0.25, 0.3) is 11.0 Å². The molecule has 2 aromatic carbocycles. The Kier molecular flexibility index (Phi) is 6.35. The molecule has 2 heterocycles. The van der Waals surface area contributed by atoms with Crippen LogP contribution in [0, 0.1) is 0 Å². The number of pyridine rings is 1. The first-order chi connectivity index (χ1) is 15.6. The van der Waals surface area contributed by atoms with E-state index in [4.69, 9.17) is 14.6 Å². The second kappa shape index (κ2) is 9.51. The van der Waals surface area contributed by atoms with Crippen LogP contribution < -0.4 is 14.8 Å². The highest BCUT2D eigenvalue weighted by atomic mass is 16.5. The van der Waals surface area contributed by atoms with Crippen molar-refractivity contribution in [1.82, 2.24) is 20.1 Å². The summed E-state index contributed by atoms with van der Waals surface area (Å²) in [5.41, 5.74) is 3.55. The van der Waals surface area contributed by atoms with Gasteiger partial charge in [-0.25, -0.2) is 4.98 Å². The minimum absolute atomic E-state index is 0.0964. The second-order valence-electron chi connectivity index (χ2n) is 7.56. The van der Waals surface area contributed by atoms with Crippen molar-refractivity contribution in [2.75, 3.05) is 14.2 Å². The number of methoxy groups -OCH3 is 2. The Bertz CT molecular complexity index is 1220. The molecule has 164 valence electrons. The summed E-state index contributed by atoms with van der Waals surface area (Å²) in [6.07, 6.45) is 2.59. The standard InChI is InChI=1S/C25H26N4O3/c1-29-25-19(10-7-13-26-25)24(28-29)20(14-17-8-5-4-6-9-17)27-23(30)16-18-11-12-21(31-2)22(15-18)32-3/h4-13,15,20H,14,16H2,1-3H3,(H,27,30). The zero-order chi connectivity index (χ0) is 22.5. The van der Waals surface area contributed by atoms with Gasteiger partial charge in [0.05, 0.1) is 32.4 Å². The zero-order valence-corrected chi connectivity index (χ0v) is 18.4. The van der Waals surface area contributed by atoms with Gasteiger partial charge >= 0.3 is 0 Å². The molecule has 4 rings (SSSR count). The van der Waals surface area contributed by atoms with Crippen LogP contribution in [0.3, 0.4) is 0 Å². The van der Waals surface area contributed by atoms with E-state index in [1.807, 2.05) is 49.5 Å². The minimum Gasteiger partial charge on any atom is -0.493 e. The molecule has 1 amide bonds. The average molecular weight is 431 g/mol. The van der Waals surface area contributed by atoms with Gasteiger partial charge in [0.2, 0.25) is 5.91 Å². The number of ether oxygens (including phenoxy) is 2. The molecule has 32 heavy (non-hydrogen) atoms. The van der Waals surface area contributed by atoms with Gasteiger partial charge in [0.25, 0.3) is 0 Å². The summed E-state index contributed by atoms with van der Waals surface area (Å²) in [5, 5.41) is 8.82. The van der Waals surface area contributed by atoms with E-state index >= 15 is 0 Å². The zero-order valence-electron chi connectivity index (χ0n) is 18.4. The van der Waals surface area contributed by atoms with E-state index in [0.717, 1.165) is 27.9 Å². The van der Waals surface area contributed by atoms with Crippen molar-refractivity contribution in [2.24, 2.45) is 7.05 Å². The maximum absolute atomic E-state index is 13.0. The van der Waals surface area contributed by atoms with Gasteiger partial charge in [-0.3, -0.25) is 9.48 Å². The normalized spacial score (nSPS) is 11.8. The van der Waals surface area contributed by atoms with Gasteiger partial charge in [-0.2, -0.15) is 5.10 Å². The Balaban J connectivity index is 1.61. The van der Waals surface area contributed by atoms with Gasteiger partial charge < -0.3 is 14.8 Å². The van der Waals surface area contributed by atoms with Crippen LogP contribution in [0.4, 0.5) is 0 Å². The monoisotopic (exact) mass is 430 g/mol. The Morgan fingerprint density at radius 2 is 1.78 bits per heavy atom. The number of nitrogens with one attached hydrogen (secondary N) is 1. The summed E-state index contributed by atoms with van der Waals surface area (Å²) in [5.74, 6) is 1.13. The number of amides is 1. The number of aromatic nitrogens is 3. The third-order valence-corrected chi connectivity index (χ3v) is 5.39. The lowest BCUT2D eigenvalue weighted by molar-refractivity contribution is -0.121. The number of fused-ring (bicyclic) bond motifs is 1. The van der Waals surface area contributed by atoms with Crippen molar-refractivity contribution in [1.29, 1.82) is 0 Å². The third kappa shape index (κ3) is 4.56. The van der Waals surface area contributed by atoms with Gasteiger partial charge in [-0.05, 0) is 41.8 Å². The first-order valence-electron chi connectivity index (χ1n) is 10.4. The Labute approximate surface area is 187 Å². The largest absolute Gasteiger partial charge is 0.493 e. The number of carbonyl (C=O) groups is 1. The van der Waals surface area contributed by atoms with Crippen molar-refractivity contribution in [3.63, 3.8) is 0 Å². The summed E-state index contributed by atoms with van der Waals surface area (Å²) >= 11 is 0. The molecular weight excluding hydrogens is 404 g/mol. The smallest absolute Gasteiger partial charge is 0.224 e.